The molecule has 86 valence electrons. The number of fused-ring (bicyclic) bond motifs is 1. The molecule has 0 fully saturated rings. The molecule has 1 unspecified atom stereocenters. The first kappa shape index (κ1) is 11.1. The Morgan fingerprint density at radius 3 is 2.69 bits per heavy atom. The highest BCUT2D eigenvalue weighted by molar-refractivity contribution is 5.71. The zero-order valence-electron chi connectivity index (χ0n) is 10.4. The van der Waals surface area contributed by atoms with Gasteiger partial charge in [0, 0.05) is 11.9 Å². The van der Waals surface area contributed by atoms with Gasteiger partial charge >= 0.3 is 0 Å². The van der Waals surface area contributed by atoms with Crippen LogP contribution in [0.15, 0.2) is 12.3 Å². The topological polar surface area (TPSA) is 41.6 Å². The Balaban J connectivity index is 2.45. The molecule has 0 saturated carbocycles. The van der Waals surface area contributed by atoms with E-state index in [1.54, 1.807) is 0 Å². The molecule has 0 spiro atoms. The van der Waals surface area contributed by atoms with Gasteiger partial charge < -0.3 is 4.98 Å². The van der Waals surface area contributed by atoms with Gasteiger partial charge in [0.2, 0.25) is 0 Å². The van der Waals surface area contributed by atoms with Gasteiger partial charge in [-0.15, -0.1) is 0 Å². The lowest BCUT2D eigenvalue weighted by atomic mass is 10.1. The molecule has 1 atom stereocenters. The van der Waals surface area contributed by atoms with E-state index in [1.807, 2.05) is 6.20 Å². The van der Waals surface area contributed by atoms with Gasteiger partial charge in [0.25, 0.3) is 0 Å². The standard InChI is InChI=1S/C13H19N3/c1-5-9(4)12-7-14-11-6-10(8(2)3)15-13(11)16-12/h6-9H,5H2,1-4H3,(H,15,16). The number of aromatic nitrogens is 3. The summed E-state index contributed by atoms with van der Waals surface area (Å²) in [6.07, 6.45) is 2.99. The molecule has 1 N–H and O–H groups in total. The molecule has 2 aromatic heterocycles. The Kier molecular flexibility index (Phi) is 2.95. The Bertz CT molecular complexity index is 485. The Labute approximate surface area is 96.3 Å². The Hall–Kier alpha value is -1.38. The van der Waals surface area contributed by atoms with Gasteiger partial charge in [-0.1, -0.05) is 27.7 Å². The molecular formula is C13H19N3. The van der Waals surface area contributed by atoms with Gasteiger partial charge in [-0.05, 0) is 24.3 Å². The van der Waals surface area contributed by atoms with Crippen LogP contribution in [0.5, 0.6) is 0 Å². The molecule has 3 heteroatoms. The zero-order chi connectivity index (χ0) is 11.7. The van der Waals surface area contributed by atoms with Crippen LogP contribution in [0.1, 0.15) is 57.3 Å². The van der Waals surface area contributed by atoms with Gasteiger partial charge in [0.05, 0.1) is 5.69 Å². The first-order valence-corrected chi connectivity index (χ1v) is 5.97. The molecule has 2 aromatic rings. The maximum atomic E-state index is 4.63. The first-order valence-electron chi connectivity index (χ1n) is 5.97. The largest absolute Gasteiger partial charge is 0.342 e. The van der Waals surface area contributed by atoms with Gasteiger partial charge in [0.1, 0.15) is 5.52 Å². The third-order valence-electron chi connectivity index (χ3n) is 3.11. The molecule has 0 aliphatic heterocycles. The van der Waals surface area contributed by atoms with Crippen molar-refractivity contribution >= 4 is 11.2 Å². The van der Waals surface area contributed by atoms with Crippen molar-refractivity contribution in [3.05, 3.63) is 23.7 Å². The summed E-state index contributed by atoms with van der Waals surface area (Å²) in [6.45, 7) is 8.69. The van der Waals surface area contributed by atoms with Crippen LogP contribution in [-0.2, 0) is 0 Å². The quantitative estimate of drug-likeness (QED) is 0.853. The summed E-state index contributed by atoms with van der Waals surface area (Å²) in [5, 5.41) is 0. The van der Waals surface area contributed by atoms with Crippen LogP contribution in [0.4, 0.5) is 0 Å². The number of aromatic amines is 1. The molecule has 2 rings (SSSR count). The van der Waals surface area contributed by atoms with E-state index in [4.69, 9.17) is 0 Å². The Morgan fingerprint density at radius 2 is 2.06 bits per heavy atom. The van der Waals surface area contributed by atoms with Crippen LogP contribution >= 0.6 is 0 Å². The summed E-state index contributed by atoms with van der Waals surface area (Å²) in [5.74, 6) is 0.964. The van der Waals surface area contributed by atoms with Gasteiger partial charge in [-0.25, -0.2) is 4.98 Å². The second-order valence-corrected chi connectivity index (χ2v) is 4.72. The second-order valence-electron chi connectivity index (χ2n) is 4.72. The number of nitrogens with one attached hydrogen (secondary N) is 1. The van der Waals surface area contributed by atoms with Crippen LogP contribution in [0, 0.1) is 0 Å². The van der Waals surface area contributed by atoms with E-state index in [1.165, 1.54) is 5.69 Å². The number of H-pyrrole nitrogens is 1. The fraction of sp³-hybridized carbons (Fsp3) is 0.538. The van der Waals surface area contributed by atoms with Crippen molar-refractivity contribution in [1.29, 1.82) is 0 Å². The van der Waals surface area contributed by atoms with Crippen molar-refractivity contribution in [3.8, 4) is 0 Å². The molecule has 0 aliphatic rings. The lowest BCUT2D eigenvalue weighted by molar-refractivity contribution is 0.707. The highest BCUT2D eigenvalue weighted by Gasteiger charge is 2.10. The highest BCUT2D eigenvalue weighted by atomic mass is 14.9. The minimum Gasteiger partial charge on any atom is -0.342 e. The van der Waals surface area contributed by atoms with Crippen LogP contribution < -0.4 is 0 Å². The molecule has 0 aromatic carbocycles. The van der Waals surface area contributed by atoms with E-state index in [0.717, 1.165) is 23.3 Å². The third kappa shape index (κ3) is 1.94. The molecule has 16 heavy (non-hydrogen) atoms. The zero-order valence-corrected chi connectivity index (χ0v) is 10.4. The number of hydrogen-bond donors (Lipinski definition) is 1. The van der Waals surface area contributed by atoms with Gasteiger partial charge in [-0.3, -0.25) is 4.98 Å². The Morgan fingerprint density at radius 1 is 1.31 bits per heavy atom. The smallest absolute Gasteiger partial charge is 0.156 e. The predicted octanol–water partition coefficient (Wildman–Crippen LogP) is 3.59. The molecule has 2 heterocycles. The third-order valence-corrected chi connectivity index (χ3v) is 3.11. The lowest BCUT2D eigenvalue weighted by Crippen LogP contribution is -1.97. The fourth-order valence-corrected chi connectivity index (χ4v) is 1.69. The van der Waals surface area contributed by atoms with Crippen molar-refractivity contribution in [2.45, 2.75) is 46.0 Å². The van der Waals surface area contributed by atoms with E-state index in [-0.39, 0.29) is 0 Å². The first-order chi connectivity index (χ1) is 7.61. The normalized spacial score (nSPS) is 13.6. The van der Waals surface area contributed by atoms with Gasteiger partial charge in [0.15, 0.2) is 5.65 Å². The molecule has 0 aliphatic carbocycles. The van der Waals surface area contributed by atoms with Crippen LogP contribution in [-0.4, -0.2) is 15.0 Å². The van der Waals surface area contributed by atoms with E-state index >= 15 is 0 Å². The summed E-state index contributed by atoms with van der Waals surface area (Å²) >= 11 is 0. The fourth-order valence-electron chi connectivity index (χ4n) is 1.69. The van der Waals surface area contributed by atoms with Crippen molar-refractivity contribution < 1.29 is 0 Å². The van der Waals surface area contributed by atoms with Crippen LogP contribution in [0.3, 0.4) is 0 Å². The average Bonchev–Trinajstić information content (AvgIpc) is 2.70. The minimum atomic E-state index is 0.475. The SMILES string of the molecule is CCC(C)c1cnc2cc(C(C)C)[nH]c2n1. The van der Waals surface area contributed by atoms with Crippen molar-refractivity contribution in [2.75, 3.05) is 0 Å². The summed E-state index contributed by atoms with van der Waals surface area (Å²) in [5.41, 5.74) is 4.17. The van der Waals surface area contributed by atoms with E-state index in [9.17, 15) is 0 Å². The van der Waals surface area contributed by atoms with Crippen LogP contribution in [0.2, 0.25) is 0 Å². The maximum absolute atomic E-state index is 4.63. The lowest BCUT2D eigenvalue weighted by Gasteiger charge is -2.06. The molecule has 0 radical (unpaired) electrons. The summed E-state index contributed by atoms with van der Waals surface area (Å²) in [4.78, 5) is 12.4. The second kappa shape index (κ2) is 4.24. The summed E-state index contributed by atoms with van der Waals surface area (Å²) < 4.78 is 0. The summed E-state index contributed by atoms with van der Waals surface area (Å²) in [6, 6.07) is 2.09. The average molecular weight is 217 g/mol. The van der Waals surface area contributed by atoms with Crippen LogP contribution in [0.25, 0.3) is 11.2 Å². The highest BCUT2D eigenvalue weighted by Crippen LogP contribution is 2.21. The van der Waals surface area contributed by atoms with Crippen molar-refractivity contribution in [3.63, 3.8) is 0 Å². The summed E-state index contributed by atoms with van der Waals surface area (Å²) in [7, 11) is 0. The van der Waals surface area contributed by atoms with Crippen molar-refractivity contribution in [1.82, 2.24) is 15.0 Å². The van der Waals surface area contributed by atoms with E-state index in [0.29, 0.717) is 11.8 Å². The number of rotatable bonds is 3. The molecule has 0 amide bonds. The molecule has 0 saturated heterocycles. The van der Waals surface area contributed by atoms with E-state index < -0.39 is 0 Å². The number of hydrogen-bond acceptors (Lipinski definition) is 2. The molecule has 0 bridgehead atoms. The number of nitrogens with zero attached hydrogens (tertiary/aromatic N) is 2. The molecular weight excluding hydrogens is 198 g/mol. The van der Waals surface area contributed by atoms with Gasteiger partial charge in [-0.2, -0.15) is 0 Å². The van der Waals surface area contributed by atoms with E-state index in [2.05, 4.69) is 48.7 Å². The minimum absolute atomic E-state index is 0.475. The maximum Gasteiger partial charge on any atom is 0.156 e. The predicted molar refractivity (Wildman–Crippen MR) is 66.7 cm³/mol. The molecule has 3 nitrogen and oxygen atoms in total. The van der Waals surface area contributed by atoms with Crippen molar-refractivity contribution in [2.24, 2.45) is 0 Å². The monoisotopic (exact) mass is 217 g/mol.